The maximum atomic E-state index is 12.8. The molecule has 1 unspecified atom stereocenters. The van der Waals surface area contributed by atoms with E-state index in [1.165, 1.54) is 0 Å². The predicted octanol–water partition coefficient (Wildman–Crippen LogP) is 3.77. The van der Waals surface area contributed by atoms with Gasteiger partial charge in [0.1, 0.15) is 5.69 Å². The second kappa shape index (κ2) is 6.44. The van der Waals surface area contributed by atoms with Crippen molar-refractivity contribution >= 4 is 37.6 Å². The largest absolute Gasteiger partial charge is 0.381 e. The monoisotopic (exact) mass is 417 g/mol. The van der Waals surface area contributed by atoms with Gasteiger partial charge in [0.2, 0.25) is 0 Å². The van der Waals surface area contributed by atoms with Crippen LogP contribution in [0.2, 0.25) is 0 Å². The molecule has 1 aromatic rings. The van der Waals surface area contributed by atoms with Gasteiger partial charge in [-0.15, -0.1) is 0 Å². The van der Waals surface area contributed by atoms with Gasteiger partial charge in [-0.1, -0.05) is 0 Å². The van der Waals surface area contributed by atoms with Crippen LogP contribution in [0.3, 0.4) is 0 Å². The summed E-state index contributed by atoms with van der Waals surface area (Å²) >= 11 is 6.80. The molecule has 0 bridgehead atoms. The third-order valence-corrected chi connectivity index (χ3v) is 5.35. The molecule has 1 spiro atoms. The molecule has 2 aliphatic rings. The van der Waals surface area contributed by atoms with E-state index in [0.29, 0.717) is 12.3 Å². The van der Waals surface area contributed by atoms with Crippen LogP contribution >= 0.6 is 31.9 Å². The molecule has 114 valence electrons. The molecule has 0 saturated carbocycles. The molecule has 2 fully saturated rings. The number of hydrogen-bond acceptors (Lipinski definition) is 4. The average molecular weight is 419 g/mol. The summed E-state index contributed by atoms with van der Waals surface area (Å²) in [5.74, 6) is 0.102. The third kappa shape index (κ3) is 3.38. The first-order valence-electron chi connectivity index (χ1n) is 7.17. The number of carbonyl (C=O) groups is 1. The molecular weight excluding hydrogens is 402 g/mol. The van der Waals surface area contributed by atoms with E-state index in [1.807, 2.05) is 6.07 Å². The minimum absolute atomic E-state index is 0.0122. The summed E-state index contributed by atoms with van der Waals surface area (Å²) in [6.45, 7) is 2.09. The minimum Gasteiger partial charge on any atom is -0.381 e. The van der Waals surface area contributed by atoms with Crippen LogP contribution in [-0.4, -0.2) is 36.2 Å². The normalized spacial score (nSPS) is 25.0. The summed E-state index contributed by atoms with van der Waals surface area (Å²) < 4.78 is 13.0. The van der Waals surface area contributed by atoms with Crippen molar-refractivity contribution in [3.8, 4) is 0 Å². The molecule has 4 nitrogen and oxygen atoms in total. The van der Waals surface area contributed by atoms with Gasteiger partial charge in [-0.2, -0.15) is 0 Å². The van der Waals surface area contributed by atoms with Gasteiger partial charge in [-0.25, -0.2) is 0 Å². The van der Waals surface area contributed by atoms with Crippen molar-refractivity contribution in [2.45, 2.75) is 31.3 Å². The number of hydrogen-bond donors (Lipinski definition) is 0. The van der Waals surface area contributed by atoms with Crippen molar-refractivity contribution in [1.82, 2.24) is 4.98 Å². The van der Waals surface area contributed by atoms with Gasteiger partial charge in [0, 0.05) is 40.9 Å². The molecule has 1 aromatic heterocycles. The van der Waals surface area contributed by atoms with Gasteiger partial charge in [0.25, 0.3) is 0 Å². The third-order valence-electron chi connectivity index (χ3n) is 4.31. The van der Waals surface area contributed by atoms with Crippen LogP contribution in [0.1, 0.15) is 36.2 Å². The lowest BCUT2D eigenvalue weighted by atomic mass is 9.78. The van der Waals surface area contributed by atoms with E-state index in [2.05, 4.69) is 36.8 Å². The fourth-order valence-electron chi connectivity index (χ4n) is 3.13. The summed E-state index contributed by atoms with van der Waals surface area (Å²) in [6, 6.07) is 1.86. The second-order valence-electron chi connectivity index (χ2n) is 5.68. The quantitative estimate of drug-likeness (QED) is 0.686. The van der Waals surface area contributed by atoms with Crippen molar-refractivity contribution in [3.05, 3.63) is 26.9 Å². The number of Topliss-reactive ketones (excluding diaryl/α,β-unsaturated/α-hetero) is 1. The lowest BCUT2D eigenvalue weighted by Crippen LogP contribution is -2.46. The van der Waals surface area contributed by atoms with E-state index >= 15 is 0 Å². The molecular formula is C15H17Br2NO3. The molecule has 6 heteroatoms. The van der Waals surface area contributed by atoms with E-state index < -0.39 is 0 Å². The Balaban J connectivity index is 1.77. The number of rotatable bonds is 2. The standard InChI is InChI=1S/C15H17Br2NO3/c16-11-7-12(17)13(18-9-11)14(19)10-1-4-21-15(8-10)2-5-20-6-3-15/h7,9-10H,1-6,8H2. The lowest BCUT2D eigenvalue weighted by Gasteiger charge is -2.42. The fraction of sp³-hybridized carbons (Fsp3) is 0.600. The van der Waals surface area contributed by atoms with Crippen LogP contribution in [0.15, 0.2) is 21.2 Å². The zero-order valence-electron chi connectivity index (χ0n) is 11.6. The van der Waals surface area contributed by atoms with Crippen LogP contribution in [-0.2, 0) is 9.47 Å². The lowest BCUT2D eigenvalue weighted by molar-refractivity contribution is -0.142. The van der Waals surface area contributed by atoms with Crippen LogP contribution in [0.25, 0.3) is 0 Å². The maximum Gasteiger partial charge on any atom is 0.185 e. The Labute approximate surface area is 140 Å². The fourth-order valence-corrected chi connectivity index (χ4v) is 4.32. The first-order chi connectivity index (χ1) is 10.1. The highest BCUT2D eigenvalue weighted by Gasteiger charge is 2.41. The molecule has 3 heterocycles. The second-order valence-corrected chi connectivity index (χ2v) is 7.45. The summed E-state index contributed by atoms with van der Waals surface area (Å²) in [5, 5.41) is 0. The topological polar surface area (TPSA) is 48.4 Å². The molecule has 0 amide bonds. The van der Waals surface area contributed by atoms with Gasteiger partial charge in [-0.3, -0.25) is 9.78 Å². The molecule has 0 aliphatic carbocycles. The van der Waals surface area contributed by atoms with Gasteiger partial charge in [0.15, 0.2) is 5.78 Å². The Kier molecular flexibility index (Phi) is 4.78. The molecule has 2 saturated heterocycles. The Morgan fingerprint density at radius 3 is 2.76 bits per heavy atom. The van der Waals surface area contributed by atoms with Crippen molar-refractivity contribution in [2.75, 3.05) is 19.8 Å². The zero-order chi connectivity index (χ0) is 14.9. The first kappa shape index (κ1) is 15.6. The Bertz CT molecular complexity index is 538. The SMILES string of the molecule is O=C(c1ncc(Br)cc1Br)C1CCOC2(CCOCC2)C1. The van der Waals surface area contributed by atoms with Gasteiger partial charge in [-0.05, 0) is 63.6 Å². The highest BCUT2D eigenvalue weighted by molar-refractivity contribution is 9.11. The molecule has 0 radical (unpaired) electrons. The van der Waals surface area contributed by atoms with Gasteiger partial charge in [0.05, 0.1) is 5.60 Å². The van der Waals surface area contributed by atoms with Gasteiger partial charge >= 0.3 is 0 Å². The van der Waals surface area contributed by atoms with E-state index in [0.717, 1.165) is 47.8 Å². The van der Waals surface area contributed by atoms with Crippen LogP contribution < -0.4 is 0 Å². The summed E-state index contributed by atoms with van der Waals surface area (Å²) in [5.41, 5.74) is 0.353. The zero-order valence-corrected chi connectivity index (χ0v) is 14.8. The highest BCUT2D eigenvalue weighted by atomic mass is 79.9. The summed E-state index contributed by atoms with van der Waals surface area (Å²) in [7, 11) is 0. The maximum absolute atomic E-state index is 12.8. The molecule has 2 aliphatic heterocycles. The van der Waals surface area contributed by atoms with Crippen molar-refractivity contribution in [1.29, 1.82) is 0 Å². The Hall–Kier alpha value is -0.300. The number of ether oxygens (including phenoxy) is 2. The van der Waals surface area contributed by atoms with Crippen molar-refractivity contribution in [3.63, 3.8) is 0 Å². The Morgan fingerprint density at radius 2 is 2.05 bits per heavy atom. The summed E-state index contributed by atoms with van der Waals surface area (Å²) in [4.78, 5) is 17.0. The smallest absolute Gasteiger partial charge is 0.185 e. The van der Waals surface area contributed by atoms with Crippen LogP contribution in [0.4, 0.5) is 0 Å². The summed E-state index contributed by atoms with van der Waals surface area (Å²) in [6.07, 6.45) is 4.98. The van der Waals surface area contributed by atoms with E-state index in [4.69, 9.17) is 9.47 Å². The molecule has 1 atom stereocenters. The number of ketones is 1. The van der Waals surface area contributed by atoms with Crippen molar-refractivity contribution < 1.29 is 14.3 Å². The molecule has 0 aromatic carbocycles. The number of aromatic nitrogens is 1. The van der Waals surface area contributed by atoms with Gasteiger partial charge < -0.3 is 9.47 Å². The molecule has 21 heavy (non-hydrogen) atoms. The predicted molar refractivity (Wildman–Crippen MR) is 85.4 cm³/mol. The van der Waals surface area contributed by atoms with Crippen LogP contribution in [0, 0.1) is 5.92 Å². The first-order valence-corrected chi connectivity index (χ1v) is 8.75. The van der Waals surface area contributed by atoms with Crippen LogP contribution in [0.5, 0.6) is 0 Å². The van der Waals surface area contributed by atoms with E-state index in [1.54, 1.807) is 6.20 Å². The number of halogens is 2. The van der Waals surface area contributed by atoms with Crippen molar-refractivity contribution in [2.24, 2.45) is 5.92 Å². The Morgan fingerprint density at radius 1 is 1.29 bits per heavy atom. The van der Waals surface area contributed by atoms with E-state index in [-0.39, 0.29) is 17.3 Å². The number of carbonyl (C=O) groups excluding carboxylic acids is 1. The number of nitrogens with zero attached hydrogens (tertiary/aromatic N) is 1. The molecule has 0 N–H and O–H groups in total. The molecule has 3 rings (SSSR count). The van der Waals surface area contributed by atoms with E-state index in [9.17, 15) is 4.79 Å². The minimum atomic E-state index is -0.168. The highest BCUT2D eigenvalue weighted by Crippen LogP contribution is 2.38. The average Bonchev–Trinajstić information content (AvgIpc) is 2.47. The number of pyridine rings is 1.